The van der Waals surface area contributed by atoms with Crippen molar-refractivity contribution in [3.8, 4) is 11.5 Å². The predicted molar refractivity (Wildman–Crippen MR) is 108 cm³/mol. The number of rotatable bonds is 6. The number of hydrogen-bond donors (Lipinski definition) is 2. The first kappa shape index (κ1) is 19.8. The SMILES string of the molecule is CC(=O)NCC1CCn2ncc(C(=O)NC(C)c3noc(-c4ccccc4)n3)c2C1. The van der Waals surface area contributed by atoms with Gasteiger partial charge in [0.1, 0.15) is 0 Å². The maximum atomic E-state index is 12.9. The topological polar surface area (TPSA) is 115 Å². The van der Waals surface area contributed by atoms with E-state index in [1.807, 2.05) is 41.9 Å². The number of nitrogens with one attached hydrogen (secondary N) is 2. The van der Waals surface area contributed by atoms with E-state index in [0.29, 0.717) is 30.2 Å². The van der Waals surface area contributed by atoms with Crippen molar-refractivity contribution >= 4 is 11.8 Å². The largest absolute Gasteiger partial charge is 0.356 e. The first-order valence-corrected chi connectivity index (χ1v) is 10.00. The maximum absolute atomic E-state index is 12.9. The van der Waals surface area contributed by atoms with Crippen LogP contribution in [-0.2, 0) is 17.8 Å². The third kappa shape index (κ3) is 4.24. The van der Waals surface area contributed by atoms with E-state index in [-0.39, 0.29) is 17.7 Å². The summed E-state index contributed by atoms with van der Waals surface area (Å²) in [6, 6.07) is 9.05. The van der Waals surface area contributed by atoms with E-state index in [9.17, 15) is 9.59 Å². The van der Waals surface area contributed by atoms with E-state index < -0.39 is 6.04 Å². The highest BCUT2D eigenvalue weighted by molar-refractivity contribution is 5.95. The minimum atomic E-state index is -0.423. The van der Waals surface area contributed by atoms with E-state index in [1.54, 1.807) is 6.20 Å². The number of fused-ring (bicyclic) bond motifs is 1. The fraction of sp³-hybridized carbons (Fsp3) is 0.381. The number of carbonyl (C=O) groups is 2. The van der Waals surface area contributed by atoms with E-state index in [4.69, 9.17) is 4.52 Å². The molecule has 2 N–H and O–H groups in total. The number of carbonyl (C=O) groups excluding carboxylic acids is 2. The molecule has 30 heavy (non-hydrogen) atoms. The molecule has 0 bridgehead atoms. The molecule has 9 nitrogen and oxygen atoms in total. The van der Waals surface area contributed by atoms with E-state index in [1.165, 1.54) is 6.92 Å². The van der Waals surface area contributed by atoms with Gasteiger partial charge in [0.05, 0.1) is 23.5 Å². The monoisotopic (exact) mass is 408 g/mol. The number of aromatic nitrogens is 4. The van der Waals surface area contributed by atoms with Gasteiger partial charge >= 0.3 is 0 Å². The fourth-order valence-electron chi connectivity index (χ4n) is 3.60. The second kappa shape index (κ2) is 8.48. The Morgan fingerprint density at radius 3 is 2.87 bits per heavy atom. The van der Waals surface area contributed by atoms with Gasteiger partial charge in [0.25, 0.3) is 11.8 Å². The Labute approximate surface area is 173 Å². The molecule has 2 aromatic heterocycles. The lowest BCUT2D eigenvalue weighted by Crippen LogP contribution is -2.33. The molecule has 0 saturated heterocycles. The molecule has 156 valence electrons. The number of hydrogen-bond acceptors (Lipinski definition) is 6. The molecule has 2 amide bonds. The molecular weight excluding hydrogens is 384 g/mol. The fourth-order valence-corrected chi connectivity index (χ4v) is 3.60. The zero-order valence-corrected chi connectivity index (χ0v) is 17.0. The summed E-state index contributed by atoms with van der Waals surface area (Å²) >= 11 is 0. The van der Waals surface area contributed by atoms with Crippen molar-refractivity contribution in [3.63, 3.8) is 0 Å². The summed E-state index contributed by atoms with van der Waals surface area (Å²) in [6.45, 7) is 4.65. The van der Waals surface area contributed by atoms with Gasteiger partial charge in [0, 0.05) is 25.6 Å². The number of amides is 2. The lowest BCUT2D eigenvalue weighted by Gasteiger charge is -2.24. The average Bonchev–Trinajstić information content (AvgIpc) is 3.40. The normalized spacial score (nSPS) is 16.5. The average molecular weight is 408 g/mol. The van der Waals surface area contributed by atoms with E-state index in [0.717, 1.165) is 24.2 Å². The van der Waals surface area contributed by atoms with Gasteiger partial charge in [-0.15, -0.1) is 0 Å². The summed E-state index contributed by atoms with van der Waals surface area (Å²) in [6.07, 6.45) is 3.21. The quantitative estimate of drug-likeness (QED) is 0.646. The molecule has 0 aliphatic carbocycles. The van der Waals surface area contributed by atoms with Crippen LogP contribution < -0.4 is 10.6 Å². The summed E-state index contributed by atoms with van der Waals surface area (Å²) in [7, 11) is 0. The number of aryl methyl sites for hydroxylation is 1. The Bertz CT molecular complexity index is 1040. The molecule has 9 heteroatoms. The Hall–Kier alpha value is -3.49. The van der Waals surface area contributed by atoms with Crippen molar-refractivity contribution in [2.75, 3.05) is 6.54 Å². The standard InChI is InChI=1S/C21H24N6O3/c1-13(19-25-21(30-26-19)16-6-4-3-5-7-16)24-20(29)17-12-23-27-9-8-15(10-18(17)27)11-22-14(2)28/h3-7,12-13,15H,8-11H2,1-2H3,(H,22,28)(H,24,29). The van der Waals surface area contributed by atoms with Gasteiger partial charge in [0.15, 0.2) is 5.82 Å². The Morgan fingerprint density at radius 2 is 2.10 bits per heavy atom. The van der Waals surface area contributed by atoms with Gasteiger partial charge in [-0.05, 0) is 37.8 Å². The van der Waals surface area contributed by atoms with E-state index >= 15 is 0 Å². The third-order valence-corrected chi connectivity index (χ3v) is 5.26. The minimum absolute atomic E-state index is 0.0455. The highest BCUT2D eigenvalue weighted by Gasteiger charge is 2.27. The predicted octanol–water partition coefficient (Wildman–Crippen LogP) is 2.12. The van der Waals surface area contributed by atoms with Crippen LogP contribution in [0.25, 0.3) is 11.5 Å². The van der Waals surface area contributed by atoms with Crippen LogP contribution in [0.1, 0.15) is 48.2 Å². The van der Waals surface area contributed by atoms with Crippen LogP contribution in [0.15, 0.2) is 41.1 Å². The van der Waals surface area contributed by atoms with Gasteiger partial charge < -0.3 is 15.2 Å². The summed E-state index contributed by atoms with van der Waals surface area (Å²) < 4.78 is 7.20. The van der Waals surface area contributed by atoms with Crippen molar-refractivity contribution in [2.24, 2.45) is 5.92 Å². The second-order valence-electron chi connectivity index (χ2n) is 7.54. The number of nitrogens with zero attached hydrogens (tertiary/aromatic N) is 4. The molecule has 4 rings (SSSR count). The van der Waals surface area contributed by atoms with Crippen molar-refractivity contribution in [3.05, 3.63) is 53.6 Å². The van der Waals surface area contributed by atoms with E-state index in [2.05, 4.69) is 25.9 Å². The second-order valence-corrected chi connectivity index (χ2v) is 7.54. The molecule has 0 spiro atoms. The van der Waals surface area contributed by atoms with Gasteiger partial charge in [-0.3, -0.25) is 14.3 Å². The first-order chi connectivity index (χ1) is 14.5. The molecule has 1 aliphatic rings. The van der Waals surface area contributed by atoms with Crippen LogP contribution in [0.2, 0.25) is 0 Å². The van der Waals surface area contributed by atoms with Crippen molar-refractivity contribution in [1.29, 1.82) is 0 Å². The van der Waals surface area contributed by atoms with Crippen LogP contribution in [0.3, 0.4) is 0 Å². The van der Waals surface area contributed by atoms with Gasteiger partial charge in [-0.1, -0.05) is 23.4 Å². The minimum Gasteiger partial charge on any atom is -0.356 e. The molecule has 1 aliphatic heterocycles. The van der Waals surface area contributed by atoms with Crippen molar-refractivity contribution in [1.82, 2.24) is 30.6 Å². The highest BCUT2D eigenvalue weighted by atomic mass is 16.5. The molecule has 2 unspecified atom stereocenters. The summed E-state index contributed by atoms with van der Waals surface area (Å²) in [4.78, 5) is 28.5. The molecule has 1 aromatic carbocycles. The molecule has 0 radical (unpaired) electrons. The van der Waals surface area contributed by atoms with Crippen molar-refractivity contribution in [2.45, 2.75) is 39.3 Å². The highest BCUT2D eigenvalue weighted by Crippen LogP contribution is 2.24. The number of benzene rings is 1. The molecular formula is C21H24N6O3. The molecule has 0 saturated carbocycles. The smallest absolute Gasteiger partial charge is 0.257 e. The van der Waals surface area contributed by atoms with Gasteiger partial charge in [0.2, 0.25) is 5.91 Å². The van der Waals surface area contributed by atoms with Crippen LogP contribution >= 0.6 is 0 Å². The van der Waals surface area contributed by atoms with Crippen LogP contribution in [0.4, 0.5) is 0 Å². The maximum Gasteiger partial charge on any atom is 0.257 e. The van der Waals surface area contributed by atoms with Crippen molar-refractivity contribution < 1.29 is 14.1 Å². The van der Waals surface area contributed by atoms with Crippen LogP contribution in [0, 0.1) is 5.92 Å². The Kier molecular flexibility index (Phi) is 5.60. The summed E-state index contributed by atoms with van der Waals surface area (Å²) in [5.74, 6) is 0.834. The molecule has 3 aromatic rings. The lowest BCUT2D eigenvalue weighted by molar-refractivity contribution is -0.119. The third-order valence-electron chi connectivity index (χ3n) is 5.26. The molecule has 3 heterocycles. The van der Waals surface area contributed by atoms with Crippen LogP contribution in [-0.4, -0.2) is 38.3 Å². The molecule has 2 atom stereocenters. The zero-order valence-electron chi connectivity index (χ0n) is 17.0. The summed E-state index contributed by atoms with van der Waals surface area (Å²) in [5.41, 5.74) is 2.26. The molecule has 0 fully saturated rings. The Balaban J connectivity index is 1.43. The lowest BCUT2D eigenvalue weighted by atomic mass is 9.94. The zero-order chi connectivity index (χ0) is 21.1. The first-order valence-electron chi connectivity index (χ1n) is 10.00. The van der Waals surface area contributed by atoms with Gasteiger partial charge in [-0.2, -0.15) is 10.1 Å². The van der Waals surface area contributed by atoms with Crippen LogP contribution in [0.5, 0.6) is 0 Å². The van der Waals surface area contributed by atoms with Gasteiger partial charge in [-0.25, -0.2) is 0 Å². The Morgan fingerprint density at radius 1 is 1.30 bits per heavy atom. The summed E-state index contributed by atoms with van der Waals surface area (Å²) in [5, 5.41) is 14.1.